The van der Waals surface area contributed by atoms with Gasteiger partial charge in [0.25, 0.3) is 0 Å². The van der Waals surface area contributed by atoms with Crippen LogP contribution in [0.2, 0.25) is 0 Å². The van der Waals surface area contributed by atoms with Crippen LogP contribution in [0.3, 0.4) is 0 Å². The number of hydrogen-bond donors (Lipinski definition) is 0. The molecule has 0 bridgehead atoms. The molecule has 0 radical (unpaired) electrons. The van der Waals surface area contributed by atoms with E-state index in [2.05, 4.69) is 4.74 Å². The summed E-state index contributed by atoms with van der Waals surface area (Å²) in [5.74, 6) is -2.13. The van der Waals surface area contributed by atoms with E-state index in [0.717, 1.165) is 11.1 Å². The van der Waals surface area contributed by atoms with E-state index in [1.807, 2.05) is 31.2 Å². The van der Waals surface area contributed by atoms with Crippen LogP contribution in [0.5, 0.6) is 0 Å². The Hall–Kier alpha value is -2.43. The molecule has 5 nitrogen and oxygen atoms in total. The summed E-state index contributed by atoms with van der Waals surface area (Å²) in [6, 6.07) is 7.51. The van der Waals surface area contributed by atoms with E-state index in [-0.39, 0.29) is 12.4 Å². The number of ether oxygens (including phenoxy) is 1. The number of fused-ring (bicyclic) bond motifs is 1. The Morgan fingerprint density at radius 2 is 1.95 bits per heavy atom. The molecule has 21 heavy (non-hydrogen) atoms. The fourth-order valence-electron chi connectivity index (χ4n) is 2.28. The summed E-state index contributed by atoms with van der Waals surface area (Å²) >= 11 is 0. The maximum absolute atomic E-state index is 12.4. The molecule has 5 heteroatoms. The minimum atomic E-state index is -0.954. The lowest BCUT2D eigenvalue weighted by Gasteiger charge is -2.04. The SMILES string of the molecule is CCOC(=O)C(=O)CC(=O)c1c(CC)cc2ccccn12. The number of hydrogen-bond acceptors (Lipinski definition) is 4. The van der Waals surface area contributed by atoms with Crippen LogP contribution in [0.25, 0.3) is 5.52 Å². The van der Waals surface area contributed by atoms with Crippen molar-refractivity contribution in [1.29, 1.82) is 0 Å². The lowest BCUT2D eigenvalue weighted by atomic mass is 10.1. The fraction of sp³-hybridized carbons (Fsp3) is 0.312. The molecular formula is C16H17NO4. The molecule has 0 aromatic carbocycles. The van der Waals surface area contributed by atoms with Gasteiger partial charge in [0.15, 0.2) is 5.78 Å². The second-order valence-electron chi connectivity index (χ2n) is 4.61. The minimum absolute atomic E-state index is 0.118. The van der Waals surface area contributed by atoms with Crippen molar-refractivity contribution in [2.45, 2.75) is 26.7 Å². The van der Waals surface area contributed by atoms with Gasteiger partial charge in [-0.1, -0.05) is 13.0 Å². The van der Waals surface area contributed by atoms with Crippen LogP contribution in [0.15, 0.2) is 30.5 Å². The van der Waals surface area contributed by atoms with Gasteiger partial charge in [-0.3, -0.25) is 9.59 Å². The molecule has 0 aliphatic heterocycles. The first-order valence-electron chi connectivity index (χ1n) is 6.90. The normalized spacial score (nSPS) is 10.6. The van der Waals surface area contributed by atoms with Gasteiger partial charge in [0.2, 0.25) is 5.78 Å². The molecule has 0 aliphatic rings. The third-order valence-corrected chi connectivity index (χ3v) is 3.23. The number of nitrogens with zero attached hydrogens (tertiary/aromatic N) is 1. The highest BCUT2D eigenvalue weighted by Crippen LogP contribution is 2.19. The summed E-state index contributed by atoms with van der Waals surface area (Å²) in [5.41, 5.74) is 2.22. The van der Waals surface area contributed by atoms with Crippen molar-refractivity contribution in [3.05, 3.63) is 41.7 Å². The Labute approximate surface area is 122 Å². The van der Waals surface area contributed by atoms with E-state index in [1.165, 1.54) is 0 Å². The maximum Gasteiger partial charge on any atom is 0.375 e. The third kappa shape index (κ3) is 3.02. The lowest BCUT2D eigenvalue weighted by Crippen LogP contribution is -2.21. The molecule has 0 aliphatic carbocycles. The van der Waals surface area contributed by atoms with E-state index in [9.17, 15) is 14.4 Å². The summed E-state index contributed by atoms with van der Waals surface area (Å²) in [4.78, 5) is 35.4. The molecule has 0 atom stereocenters. The van der Waals surface area contributed by atoms with Crippen LogP contribution >= 0.6 is 0 Å². The number of ketones is 2. The molecule has 2 rings (SSSR count). The first-order chi connectivity index (χ1) is 10.1. The summed E-state index contributed by atoms with van der Waals surface area (Å²) in [7, 11) is 0. The van der Waals surface area contributed by atoms with Crippen LogP contribution in [-0.4, -0.2) is 28.5 Å². The van der Waals surface area contributed by atoms with Gasteiger partial charge in [-0.05, 0) is 37.1 Å². The molecule has 0 amide bonds. The van der Waals surface area contributed by atoms with Gasteiger partial charge in [-0.15, -0.1) is 0 Å². The second-order valence-corrected chi connectivity index (χ2v) is 4.61. The fourth-order valence-corrected chi connectivity index (χ4v) is 2.28. The van der Waals surface area contributed by atoms with Crippen molar-refractivity contribution in [2.75, 3.05) is 6.61 Å². The molecule has 0 unspecified atom stereocenters. The Morgan fingerprint density at radius 1 is 1.19 bits per heavy atom. The monoisotopic (exact) mass is 287 g/mol. The zero-order chi connectivity index (χ0) is 15.4. The second kappa shape index (κ2) is 6.35. The summed E-state index contributed by atoms with van der Waals surface area (Å²) in [5, 5.41) is 0. The van der Waals surface area contributed by atoms with Gasteiger partial charge < -0.3 is 9.14 Å². The number of esters is 1. The zero-order valence-electron chi connectivity index (χ0n) is 12.1. The molecule has 2 aromatic rings. The van der Waals surface area contributed by atoms with E-state index in [4.69, 9.17) is 0 Å². The quantitative estimate of drug-likeness (QED) is 0.353. The largest absolute Gasteiger partial charge is 0.460 e. The molecule has 0 saturated carbocycles. The van der Waals surface area contributed by atoms with Crippen molar-refractivity contribution >= 4 is 23.1 Å². The van der Waals surface area contributed by atoms with E-state index >= 15 is 0 Å². The van der Waals surface area contributed by atoms with Crippen LogP contribution in [0.4, 0.5) is 0 Å². The van der Waals surface area contributed by atoms with Crippen molar-refractivity contribution in [1.82, 2.24) is 4.40 Å². The Balaban J connectivity index is 2.31. The smallest absolute Gasteiger partial charge is 0.375 e. The number of Topliss-reactive ketones (excluding diaryl/α,β-unsaturated/α-hetero) is 2. The molecule has 0 saturated heterocycles. The maximum atomic E-state index is 12.4. The molecule has 110 valence electrons. The van der Waals surface area contributed by atoms with Gasteiger partial charge in [-0.2, -0.15) is 0 Å². The van der Waals surface area contributed by atoms with E-state index in [1.54, 1.807) is 17.5 Å². The number of pyridine rings is 1. The highest BCUT2D eigenvalue weighted by Gasteiger charge is 2.23. The van der Waals surface area contributed by atoms with Crippen LogP contribution in [0.1, 0.15) is 36.3 Å². The minimum Gasteiger partial charge on any atom is -0.460 e. The number of carbonyl (C=O) groups is 3. The Morgan fingerprint density at radius 3 is 2.62 bits per heavy atom. The zero-order valence-corrected chi connectivity index (χ0v) is 12.1. The van der Waals surface area contributed by atoms with Crippen molar-refractivity contribution < 1.29 is 19.1 Å². The number of aromatic nitrogens is 1. The molecule has 2 heterocycles. The van der Waals surface area contributed by atoms with Crippen molar-refractivity contribution in [3.8, 4) is 0 Å². The van der Waals surface area contributed by atoms with Crippen LogP contribution < -0.4 is 0 Å². The lowest BCUT2D eigenvalue weighted by molar-refractivity contribution is -0.153. The Kier molecular flexibility index (Phi) is 4.52. The molecule has 0 spiro atoms. The van der Waals surface area contributed by atoms with Gasteiger partial charge in [0.1, 0.15) is 0 Å². The summed E-state index contributed by atoms with van der Waals surface area (Å²) < 4.78 is 6.37. The topological polar surface area (TPSA) is 64.9 Å². The summed E-state index contributed by atoms with van der Waals surface area (Å²) in [6.45, 7) is 3.68. The third-order valence-electron chi connectivity index (χ3n) is 3.23. The highest BCUT2D eigenvalue weighted by atomic mass is 16.5. The predicted octanol–water partition coefficient (Wildman–Crippen LogP) is 2.21. The van der Waals surface area contributed by atoms with Crippen molar-refractivity contribution in [2.24, 2.45) is 0 Å². The highest BCUT2D eigenvalue weighted by molar-refractivity contribution is 6.38. The van der Waals surface area contributed by atoms with Gasteiger partial charge >= 0.3 is 5.97 Å². The Bertz CT molecular complexity index is 699. The van der Waals surface area contributed by atoms with E-state index in [0.29, 0.717) is 12.1 Å². The van der Waals surface area contributed by atoms with Crippen LogP contribution in [0, 0.1) is 0 Å². The number of rotatable bonds is 6. The number of aryl methyl sites for hydroxylation is 1. The molecule has 0 fully saturated rings. The molecule has 0 N–H and O–H groups in total. The molecule has 2 aromatic heterocycles. The van der Waals surface area contributed by atoms with Crippen molar-refractivity contribution in [3.63, 3.8) is 0 Å². The number of carbonyl (C=O) groups excluding carboxylic acids is 3. The van der Waals surface area contributed by atoms with Gasteiger partial charge in [0.05, 0.1) is 18.7 Å². The first kappa shape index (κ1) is 15.0. The predicted molar refractivity (Wildman–Crippen MR) is 77.4 cm³/mol. The van der Waals surface area contributed by atoms with E-state index < -0.39 is 18.2 Å². The standard InChI is InChI=1S/C16H17NO4/c1-3-11-9-12-7-5-6-8-17(12)15(11)13(18)10-14(19)16(20)21-4-2/h5-9H,3-4,10H2,1-2H3. The molecular weight excluding hydrogens is 270 g/mol. The first-order valence-corrected chi connectivity index (χ1v) is 6.90. The van der Waals surface area contributed by atoms with Crippen LogP contribution in [-0.2, 0) is 20.7 Å². The average molecular weight is 287 g/mol. The summed E-state index contributed by atoms with van der Waals surface area (Å²) in [6.07, 6.45) is 1.99. The van der Waals surface area contributed by atoms with Gasteiger partial charge in [0, 0.05) is 11.7 Å². The average Bonchev–Trinajstić information content (AvgIpc) is 2.85. The van der Waals surface area contributed by atoms with Gasteiger partial charge in [-0.25, -0.2) is 4.79 Å².